The second-order valence-corrected chi connectivity index (χ2v) is 32.5. The number of hydrogen-bond acceptors (Lipinski definition) is 15. The molecule has 0 fully saturated rings. The fraction of sp³-hybridized carbons (Fsp3) is 0.951. The van der Waals surface area contributed by atoms with Gasteiger partial charge in [-0.25, -0.2) is 9.13 Å². The first-order valence-corrected chi connectivity index (χ1v) is 45.1. The summed E-state index contributed by atoms with van der Waals surface area (Å²) in [7, 11) is -9.92. The van der Waals surface area contributed by atoms with Crippen molar-refractivity contribution in [2.24, 2.45) is 5.92 Å². The van der Waals surface area contributed by atoms with Crippen molar-refractivity contribution in [2.75, 3.05) is 39.6 Å². The average molecular weight is 1470 g/mol. The summed E-state index contributed by atoms with van der Waals surface area (Å²) < 4.78 is 68.7. The average Bonchev–Trinajstić information content (AvgIpc) is 0.936. The predicted octanol–water partition coefficient (Wildman–Crippen LogP) is 24.4. The maximum absolute atomic E-state index is 13.1. The molecular weight excluding hydrogens is 1310 g/mol. The second-order valence-electron chi connectivity index (χ2n) is 29.6. The van der Waals surface area contributed by atoms with Gasteiger partial charge < -0.3 is 33.8 Å². The summed E-state index contributed by atoms with van der Waals surface area (Å²) in [6.45, 7) is 7.36. The molecule has 0 aromatic carbocycles. The van der Waals surface area contributed by atoms with Crippen LogP contribution in [0, 0.1) is 5.92 Å². The van der Waals surface area contributed by atoms with Gasteiger partial charge in [0, 0.05) is 25.7 Å². The van der Waals surface area contributed by atoms with E-state index in [9.17, 15) is 43.2 Å². The van der Waals surface area contributed by atoms with Gasteiger partial charge in [0.1, 0.15) is 19.3 Å². The number of phosphoric acid groups is 2. The van der Waals surface area contributed by atoms with E-state index < -0.39 is 97.5 Å². The molecule has 594 valence electrons. The zero-order valence-corrected chi connectivity index (χ0v) is 67.1. The third-order valence-corrected chi connectivity index (χ3v) is 20.9. The van der Waals surface area contributed by atoms with Gasteiger partial charge in [0.2, 0.25) is 0 Å². The van der Waals surface area contributed by atoms with Crippen LogP contribution in [0.25, 0.3) is 0 Å². The van der Waals surface area contributed by atoms with Crippen LogP contribution in [0.15, 0.2) is 0 Å². The van der Waals surface area contributed by atoms with Crippen molar-refractivity contribution in [1.82, 2.24) is 0 Å². The molecule has 0 aromatic heterocycles. The quantitative estimate of drug-likeness (QED) is 0.0222. The summed E-state index contributed by atoms with van der Waals surface area (Å²) in [4.78, 5) is 73.0. The van der Waals surface area contributed by atoms with Crippen LogP contribution >= 0.6 is 15.6 Å². The zero-order valence-electron chi connectivity index (χ0n) is 65.3. The Balaban J connectivity index is 5.23. The van der Waals surface area contributed by atoms with Crippen LogP contribution < -0.4 is 0 Å². The van der Waals surface area contributed by atoms with Crippen molar-refractivity contribution in [3.8, 4) is 0 Å². The van der Waals surface area contributed by atoms with Crippen molar-refractivity contribution in [1.29, 1.82) is 0 Å². The maximum Gasteiger partial charge on any atom is 0.472 e. The molecule has 0 amide bonds. The van der Waals surface area contributed by atoms with E-state index in [1.54, 1.807) is 0 Å². The monoisotopic (exact) mass is 1470 g/mol. The molecule has 0 rings (SSSR count). The fourth-order valence-corrected chi connectivity index (χ4v) is 14.2. The summed E-state index contributed by atoms with van der Waals surface area (Å²) >= 11 is 0. The molecular formula is C81H158O17P2. The topological polar surface area (TPSA) is 237 Å². The number of carbonyl (C=O) groups excluding carboxylic acids is 4. The third kappa shape index (κ3) is 74.3. The Morgan fingerprint density at radius 1 is 0.270 bits per heavy atom. The smallest absolute Gasteiger partial charge is 0.462 e. The first-order valence-electron chi connectivity index (χ1n) is 42.1. The number of rotatable bonds is 81. The van der Waals surface area contributed by atoms with Crippen LogP contribution in [0.1, 0.15) is 433 Å². The number of phosphoric ester groups is 2. The Morgan fingerprint density at radius 3 is 0.680 bits per heavy atom. The molecule has 3 N–H and O–H groups in total. The first-order chi connectivity index (χ1) is 48.5. The van der Waals surface area contributed by atoms with E-state index in [4.69, 9.17) is 37.0 Å². The highest BCUT2D eigenvalue weighted by Crippen LogP contribution is 2.45. The molecule has 0 aliphatic carbocycles. The molecule has 100 heavy (non-hydrogen) atoms. The highest BCUT2D eigenvalue weighted by Gasteiger charge is 2.30. The zero-order chi connectivity index (χ0) is 73.4. The van der Waals surface area contributed by atoms with Crippen molar-refractivity contribution >= 4 is 39.5 Å². The lowest BCUT2D eigenvalue weighted by atomic mass is 10.0. The van der Waals surface area contributed by atoms with E-state index in [2.05, 4.69) is 34.6 Å². The molecule has 0 aliphatic heterocycles. The van der Waals surface area contributed by atoms with E-state index >= 15 is 0 Å². The van der Waals surface area contributed by atoms with Crippen LogP contribution in [-0.2, 0) is 65.4 Å². The van der Waals surface area contributed by atoms with Crippen LogP contribution in [-0.4, -0.2) is 96.7 Å². The Morgan fingerprint density at radius 2 is 0.460 bits per heavy atom. The Kier molecular flexibility index (Phi) is 72.5. The summed E-state index contributed by atoms with van der Waals surface area (Å²) in [5.74, 6) is -1.29. The van der Waals surface area contributed by atoms with Crippen LogP contribution in [0.5, 0.6) is 0 Å². The normalized spacial score (nSPS) is 13.8. The molecule has 0 heterocycles. The molecule has 0 bridgehead atoms. The number of aliphatic hydroxyl groups is 1. The van der Waals surface area contributed by atoms with Gasteiger partial charge in [0.05, 0.1) is 26.4 Å². The van der Waals surface area contributed by atoms with Gasteiger partial charge in [-0.05, 0) is 31.6 Å². The van der Waals surface area contributed by atoms with Gasteiger partial charge in [-0.15, -0.1) is 0 Å². The first kappa shape index (κ1) is 98.1. The van der Waals surface area contributed by atoms with E-state index in [-0.39, 0.29) is 25.7 Å². The second kappa shape index (κ2) is 73.9. The minimum Gasteiger partial charge on any atom is -0.462 e. The lowest BCUT2D eigenvalue weighted by Crippen LogP contribution is -2.30. The van der Waals surface area contributed by atoms with E-state index in [1.807, 2.05) is 0 Å². The third-order valence-electron chi connectivity index (χ3n) is 19.0. The standard InChI is InChI=1S/C81H158O17P2/c1-6-9-12-15-18-21-24-26-28-33-36-40-45-50-55-60-65-79(84)92-71-77(98-81(86)67-62-57-52-47-42-38-34-30-29-32-35-39-43-48-53-58-63-74(4)5)73-96-100(89,90)94-69-75(82)68-93-99(87,88)95-72-76(70-91-78(83)64-59-54-49-44-23-20-17-14-11-8-3)97-80(85)66-61-56-51-46-41-37-31-27-25-22-19-16-13-10-7-2/h74-77,82H,6-73H2,1-5H3,(H,87,88)(H,89,90)/t75-,76+,77+/m0/s1. The maximum atomic E-state index is 13.1. The minimum atomic E-state index is -4.96. The highest BCUT2D eigenvalue weighted by molar-refractivity contribution is 7.47. The van der Waals surface area contributed by atoms with Gasteiger partial charge in [0.15, 0.2) is 12.2 Å². The summed E-state index contributed by atoms with van der Waals surface area (Å²) in [6.07, 6.45) is 65.1. The molecule has 2 unspecified atom stereocenters. The van der Waals surface area contributed by atoms with Crippen LogP contribution in [0.4, 0.5) is 0 Å². The number of ether oxygens (including phenoxy) is 4. The van der Waals surface area contributed by atoms with Crippen molar-refractivity contribution in [3.05, 3.63) is 0 Å². The van der Waals surface area contributed by atoms with Gasteiger partial charge in [0.25, 0.3) is 0 Å². The molecule has 0 saturated carbocycles. The molecule has 0 radical (unpaired) electrons. The number of unbranched alkanes of at least 4 members (excludes halogenated alkanes) is 53. The predicted molar refractivity (Wildman–Crippen MR) is 409 cm³/mol. The van der Waals surface area contributed by atoms with E-state index in [0.717, 1.165) is 95.8 Å². The van der Waals surface area contributed by atoms with Gasteiger partial charge in [-0.1, -0.05) is 381 Å². The minimum absolute atomic E-state index is 0.109. The number of carbonyl (C=O) groups is 4. The number of esters is 4. The molecule has 17 nitrogen and oxygen atoms in total. The molecule has 0 aliphatic rings. The van der Waals surface area contributed by atoms with Gasteiger partial charge >= 0.3 is 39.5 Å². The Hall–Kier alpha value is -1.94. The van der Waals surface area contributed by atoms with Crippen LogP contribution in [0.3, 0.4) is 0 Å². The summed E-state index contributed by atoms with van der Waals surface area (Å²) in [6, 6.07) is 0. The Labute approximate surface area is 613 Å². The fourth-order valence-electron chi connectivity index (χ4n) is 12.6. The molecule has 0 spiro atoms. The molecule has 0 aromatic rings. The Bertz CT molecular complexity index is 1910. The number of hydrogen-bond donors (Lipinski definition) is 3. The summed E-state index contributed by atoms with van der Waals surface area (Å²) in [5.41, 5.74) is 0. The highest BCUT2D eigenvalue weighted by atomic mass is 31.2. The molecule has 0 saturated heterocycles. The van der Waals surface area contributed by atoms with E-state index in [1.165, 1.54) is 257 Å². The lowest BCUT2D eigenvalue weighted by molar-refractivity contribution is -0.161. The van der Waals surface area contributed by atoms with Crippen molar-refractivity contribution in [2.45, 2.75) is 451 Å². The van der Waals surface area contributed by atoms with Gasteiger partial charge in [-0.2, -0.15) is 0 Å². The van der Waals surface area contributed by atoms with Crippen molar-refractivity contribution < 1.29 is 80.2 Å². The molecule has 5 atom stereocenters. The van der Waals surface area contributed by atoms with Gasteiger partial charge in [-0.3, -0.25) is 37.3 Å². The summed E-state index contributed by atoms with van der Waals surface area (Å²) in [5, 5.41) is 10.6. The number of aliphatic hydroxyl groups excluding tert-OH is 1. The van der Waals surface area contributed by atoms with Crippen molar-refractivity contribution in [3.63, 3.8) is 0 Å². The lowest BCUT2D eigenvalue weighted by Gasteiger charge is -2.21. The largest absolute Gasteiger partial charge is 0.472 e. The van der Waals surface area contributed by atoms with E-state index in [0.29, 0.717) is 25.7 Å². The molecule has 19 heteroatoms. The van der Waals surface area contributed by atoms with Crippen LogP contribution in [0.2, 0.25) is 0 Å². The SMILES string of the molecule is CCCCCCCCCCCCCCCCCCC(=O)OC[C@H](COP(=O)(O)OC[C@@H](O)COP(=O)(O)OC[C@@H](COC(=O)CCCCCCCCCCCC)OC(=O)CCCCCCCCCCCCCCCCC)OC(=O)CCCCCCCCCCCCCCCCCCC(C)C.